The van der Waals surface area contributed by atoms with Crippen molar-refractivity contribution < 1.29 is 23.0 Å². The summed E-state index contributed by atoms with van der Waals surface area (Å²) in [5.74, 6) is -1.11. The van der Waals surface area contributed by atoms with Crippen LogP contribution < -0.4 is 14.8 Å². The maximum absolute atomic E-state index is 13.7. The molecular formula is C17H17F2NO3. The molecule has 2 aromatic rings. The Labute approximate surface area is 133 Å². The number of amides is 1. The number of rotatable bonds is 5. The fourth-order valence-corrected chi connectivity index (χ4v) is 2.20. The van der Waals surface area contributed by atoms with Crippen LogP contribution in [0.4, 0.5) is 8.78 Å². The molecule has 122 valence electrons. The van der Waals surface area contributed by atoms with E-state index in [4.69, 9.17) is 9.47 Å². The van der Waals surface area contributed by atoms with Crippen molar-refractivity contribution in [2.45, 2.75) is 13.0 Å². The summed E-state index contributed by atoms with van der Waals surface area (Å²) in [5.41, 5.74) is 0.461. The molecule has 0 fully saturated rings. The smallest absolute Gasteiger partial charge is 0.254 e. The van der Waals surface area contributed by atoms with Gasteiger partial charge in [-0.2, -0.15) is 0 Å². The lowest BCUT2D eigenvalue weighted by Crippen LogP contribution is -2.27. The van der Waals surface area contributed by atoms with E-state index in [2.05, 4.69) is 5.32 Å². The summed E-state index contributed by atoms with van der Waals surface area (Å²) in [6.07, 6.45) is 0. The van der Waals surface area contributed by atoms with Crippen LogP contribution in [0.3, 0.4) is 0 Å². The van der Waals surface area contributed by atoms with Gasteiger partial charge in [-0.25, -0.2) is 8.78 Å². The Bertz CT molecular complexity index is 719. The van der Waals surface area contributed by atoms with Gasteiger partial charge in [0.2, 0.25) is 0 Å². The van der Waals surface area contributed by atoms with E-state index in [0.29, 0.717) is 23.1 Å². The van der Waals surface area contributed by atoms with Gasteiger partial charge in [0.25, 0.3) is 5.91 Å². The zero-order chi connectivity index (χ0) is 17.0. The minimum absolute atomic E-state index is 0.222. The summed E-state index contributed by atoms with van der Waals surface area (Å²) in [5, 5.41) is 2.66. The Morgan fingerprint density at radius 2 is 1.83 bits per heavy atom. The summed E-state index contributed by atoms with van der Waals surface area (Å²) in [6.45, 7) is 1.73. The zero-order valence-corrected chi connectivity index (χ0v) is 13.0. The van der Waals surface area contributed by atoms with Gasteiger partial charge in [0, 0.05) is 11.6 Å². The Balaban J connectivity index is 2.24. The highest BCUT2D eigenvalue weighted by atomic mass is 19.1. The molecule has 1 N–H and O–H groups in total. The number of ether oxygens (including phenoxy) is 2. The lowest BCUT2D eigenvalue weighted by molar-refractivity contribution is 0.0935. The van der Waals surface area contributed by atoms with Gasteiger partial charge in [-0.05, 0) is 37.3 Å². The lowest BCUT2D eigenvalue weighted by atomic mass is 10.1. The molecule has 23 heavy (non-hydrogen) atoms. The molecule has 2 aromatic carbocycles. The monoisotopic (exact) mass is 321 g/mol. The first-order valence-corrected chi connectivity index (χ1v) is 6.94. The standard InChI is InChI=1S/C17H17F2NO3/c1-10(14-9-12(22-2)5-7-16(14)23-3)20-17(21)13-6-4-11(18)8-15(13)19/h4-10H,1-3H3,(H,20,21). The van der Waals surface area contributed by atoms with Gasteiger partial charge >= 0.3 is 0 Å². The molecule has 0 saturated carbocycles. The van der Waals surface area contributed by atoms with Gasteiger partial charge in [-0.3, -0.25) is 4.79 Å². The van der Waals surface area contributed by atoms with Crippen molar-refractivity contribution in [1.29, 1.82) is 0 Å². The summed E-state index contributed by atoms with van der Waals surface area (Å²) in [6, 6.07) is 7.53. The third-order valence-electron chi connectivity index (χ3n) is 3.43. The third-order valence-corrected chi connectivity index (χ3v) is 3.43. The molecular weight excluding hydrogens is 304 g/mol. The van der Waals surface area contributed by atoms with E-state index in [0.717, 1.165) is 12.1 Å². The maximum atomic E-state index is 13.7. The summed E-state index contributed by atoms with van der Waals surface area (Å²) >= 11 is 0. The van der Waals surface area contributed by atoms with Crippen molar-refractivity contribution in [3.05, 3.63) is 59.2 Å². The first-order chi connectivity index (χ1) is 11.0. The minimum atomic E-state index is -0.910. The molecule has 1 atom stereocenters. The predicted octanol–water partition coefficient (Wildman–Crippen LogP) is 3.47. The van der Waals surface area contributed by atoms with Crippen LogP contribution in [0.1, 0.15) is 28.9 Å². The van der Waals surface area contributed by atoms with E-state index in [9.17, 15) is 13.6 Å². The quantitative estimate of drug-likeness (QED) is 0.917. The number of nitrogens with one attached hydrogen (secondary N) is 1. The Morgan fingerprint density at radius 1 is 1.09 bits per heavy atom. The van der Waals surface area contributed by atoms with Crippen LogP contribution in [0.25, 0.3) is 0 Å². The fourth-order valence-electron chi connectivity index (χ4n) is 2.20. The predicted molar refractivity (Wildman–Crippen MR) is 81.8 cm³/mol. The van der Waals surface area contributed by atoms with Crippen LogP contribution in [0.15, 0.2) is 36.4 Å². The lowest BCUT2D eigenvalue weighted by Gasteiger charge is -2.18. The van der Waals surface area contributed by atoms with Crippen molar-refractivity contribution >= 4 is 5.91 Å². The summed E-state index contributed by atoms with van der Waals surface area (Å²) in [4.78, 5) is 12.2. The zero-order valence-electron chi connectivity index (χ0n) is 13.0. The highest BCUT2D eigenvalue weighted by molar-refractivity contribution is 5.94. The number of halogens is 2. The number of hydrogen-bond acceptors (Lipinski definition) is 3. The molecule has 1 amide bonds. The Kier molecular flexibility index (Phi) is 5.16. The van der Waals surface area contributed by atoms with Crippen LogP contribution in [0, 0.1) is 11.6 Å². The van der Waals surface area contributed by atoms with Gasteiger partial charge in [0.1, 0.15) is 23.1 Å². The average molecular weight is 321 g/mol. The van der Waals surface area contributed by atoms with Crippen LogP contribution in [-0.4, -0.2) is 20.1 Å². The number of carbonyl (C=O) groups is 1. The Hall–Kier alpha value is -2.63. The van der Waals surface area contributed by atoms with E-state index in [1.54, 1.807) is 25.1 Å². The van der Waals surface area contributed by atoms with E-state index in [1.807, 2.05) is 0 Å². The van der Waals surface area contributed by atoms with Crippen molar-refractivity contribution in [3.63, 3.8) is 0 Å². The van der Waals surface area contributed by atoms with Crippen molar-refractivity contribution in [1.82, 2.24) is 5.32 Å². The molecule has 0 aliphatic heterocycles. The van der Waals surface area contributed by atoms with Gasteiger partial charge in [-0.15, -0.1) is 0 Å². The number of carbonyl (C=O) groups excluding carboxylic acids is 1. The van der Waals surface area contributed by atoms with E-state index < -0.39 is 23.6 Å². The second-order valence-corrected chi connectivity index (χ2v) is 4.93. The van der Waals surface area contributed by atoms with Crippen molar-refractivity contribution in [2.75, 3.05) is 14.2 Å². The number of methoxy groups -OCH3 is 2. The highest BCUT2D eigenvalue weighted by Crippen LogP contribution is 2.29. The molecule has 2 rings (SSSR count). The average Bonchev–Trinajstić information content (AvgIpc) is 2.53. The Morgan fingerprint density at radius 3 is 2.43 bits per heavy atom. The minimum Gasteiger partial charge on any atom is -0.497 e. The van der Waals surface area contributed by atoms with Crippen LogP contribution >= 0.6 is 0 Å². The van der Waals surface area contributed by atoms with Gasteiger partial charge < -0.3 is 14.8 Å². The van der Waals surface area contributed by atoms with Gasteiger partial charge in [-0.1, -0.05) is 0 Å². The molecule has 1 unspecified atom stereocenters. The summed E-state index contributed by atoms with van der Waals surface area (Å²) in [7, 11) is 3.04. The summed E-state index contributed by atoms with van der Waals surface area (Å²) < 4.78 is 37.0. The topological polar surface area (TPSA) is 47.6 Å². The molecule has 0 heterocycles. The first kappa shape index (κ1) is 16.7. The van der Waals surface area contributed by atoms with Crippen LogP contribution in [0.2, 0.25) is 0 Å². The molecule has 0 aliphatic rings. The van der Waals surface area contributed by atoms with Crippen molar-refractivity contribution in [2.24, 2.45) is 0 Å². The van der Waals surface area contributed by atoms with E-state index in [1.165, 1.54) is 14.2 Å². The molecule has 0 aromatic heterocycles. The second-order valence-electron chi connectivity index (χ2n) is 4.93. The van der Waals surface area contributed by atoms with Gasteiger partial charge in [0.15, 0.2) is 0 Å². The van der Waals surface area contributed by atoms with Crippen LogP contribution in [-0.2, 0) is 0 Å². The molecule has 0 spiro atoms. The van der Waals surface area contributed by atoms with Crippen molar-refractivity contribution in [3.8, 4) is 11.5 Å². The van der Waals surface area contributed by atoms with E-state index in [-0.39, 0.29) is 5.56 Å². The van der Waals surface area contributed by atoms with E-state index >= 15 is 0 Å². The number of hydrogen-bond donors (Lipinski definition) is 1. The van der Waals surface area contributed by atoms with Crippen LogP contribution in [0.5, 0.6) is 11.5 Å². The molecule has 4 nitrogen and oxygen atoms in total. The number of benzene rings is 2. The van der Waals surface area contributed by atoms with Gasteiger partial charge in [0.05, 0.1) is 25.8 Å². The molecule has 0 radical (unpaired) electrons. The molecule has 0 bridgehead atoms. The molecule has 0 saturated heterocycles. The highest BCUT2D eigenvalue weighted by Gasteiger charge is 2.18. The first-order valence-electron chi connectivity index (χ1n) is 6.94. The fraction of sp³-hybridized carbons (Fsp3) is 0.235. The third kappa shape index (κ3) is 3.77. The maximum Gasteiger partial charge on any atom is 0.254 e. The normalized spacial score (nSPS) is 11.7. The molecule has 6 heteroatoms. The molecule has 0 aliphatic carbocycles. The second kappa shape index (κ2) is 7.09. The SMILES string of the molecule is COc1ccc(OC)c(C(C)NC(=O)c2ccc(F)cc2F)c1. The largest absolute Gasteiger partial charge is 0.497 e.